The molecule has 1 aliphatic heterocycles. The van der Waals surface area contributed by atoms with Crippen molar-refractivity contribution in [1.29, 1.82) is 0 Å². The second-order valence-electron chi connectivity index (χ2n) is 3.88. The predicted molar refractivity (Wildman–Crippen MR) is 63.3 cm³/mol. The van der Waals surface area contributed by atoms with Crippen LogP contribution in [0.1, 0.15) is 27.1 Å². The third-order valence-corrected chi connectivity index (χ3v) is 2.72. The average Bonchev–Trinajstić information content (AvgIpc) is 2.64. The normalized spacial score (nSPS) is 13.9. The molecule has 0 unspecified atom stereocenters. The fourth-order valence-electron chi connectivity index (χ4n) is 1.83. The molecule has 0 spiro atoms. The van der Waals surface area contributed by atoms with E-state index in [1.807, 2.05) is 0 Å². The Labute approximate surface area is 104 Å². The van der Waals surface area contributed by atoms with Crippen LogP contribution in [0.25, 0.3) is 0 Å². The number of hydrogen-bond donors (Lipinski definition) is 0. The Kier molecular flexibility index (Phi) is 3.84. The van der Waals surface area contributed by atoms with Gasteiger partial charge in [-0.25, -0.2) is 0 Å². The summed E-state index contributed by atoms with van der Waals surface area (Å²) >= 11 is 0. The van der Waals surface area contributed by atoms with Gasteiger partial charge in [-0.3, -0.25) is 14.5 Å². The molecule has 0 saturated heterocycles. The van der Waals surface area contributed by atoms with E-state index in [0.717, 1.165) is 6.29 Å². The van der Waals surface area contributed by atoms with Gasteiger partial charge in [-0.1, -0.05) is 12.1 Å². The van der Waals surface area contributed by atoms with E-state index in [1.165, 1.54) is 4.90 Å². The molecule has 0 N–H and O–H groups in total. The molecule has 1 aromatic carbocycles. The molecule has 94 valence electrons. The Morgan fingerprint density at radius 1 is 1.06 bits per heavy atom. The zero-order valence-electron chi connectivity index (χ0n) is 9.80. The average molecular weight is 247 g/mol. The van der Waals surface area contributed by atoms with Crippen molar-refractivity contribution in [2.45, 2.75) is 6.42 Å². The summed E-state index contributed by atoms with van der Waals surface area (Å²) in [5, 5.41) is 0. The number of nitrogens with zero attached hydrogens (tertiary/aromatic N) is 1. The lowest BCUT2D eigenvalue weighted by molar-refractivity contribution is -0.108. The minimum Gasteiger partial charge on any atom is -0.379 e. The van der Waals surface area contributed by atoms with Crippen molar-refractivity contribution in [3.8, 4) is 0 Å². The molecule has 0 aromatic heterocycles. The monoisotopic (exact) mass is 247 g/mol. The van der Waals surface area contributed by atoms with Crippen LogP contribution < -0.4 is 0 Å². The Balaban J connectivity index is 1.94. The molecule has 0 aliphatic carbocycles. The summed E-state index contributed by atoms with van der Waals surface area (Å²) in [6.45, 7) is 0.775. The lowest BCUT2D eigenvalue weighted by Gasteiger charge is -2.13. The van der Waals surface area contributed by atoms with Crippen molar-refractivity contribution in [3.05, 3.63) is 35.4 Å². The molecule has 0 radical (unpaired) electrons. The minimum atomic E-state index is -0.283. The second-order valence-corrected chi connectivity index (χ2v) is 3.88. The first-order valence-electron chi connectivity index (χ1n) is 5.72. The van der Waals surface area contributed by atoms with Gasteiger partial charge in [0.1, 0.15) is 6.29 Å². The molecular formula is C13H13NO4. The summed E-state index contributed by atoms with van der Waals surface area (Å²) < 4.78 is 5.15. The van der Waals surface area contributed by atoms with Crippen LogP contribution >= 0.6 is 0 Å². The fraction of sp³-hybridized carbons (Fsp3) is 0.308. The van der Waals surface area contributed by atoms with Gasteiger partial charge in [-0.15, -0.1) is 0 Å². The fourth-order valence-corrected chi connectivity index (χ4v) is 1.83. The molecule has 1 aromatic rings. The number of amides is 2. The van der Waals surface area contributed by atoms with Gasteiger partial charge in [0.2, 0.25) is 0 Å². The smallest absolute Gasteiger partial charge is 0.261 e. The Morgan fingerprint density at radius 3 is 2.22 bits per heavy atom. The Morgan fingerprint density at radius 2 is 1.67 bits per heavy atom. The molecule has 1 aliphatic rings. The van der Waals surface area contributed by atoms with E-state index in [0.29, 0.717) is 24.2 Å². The molecule has 1 heterocycles. The van der Waals surface area contributed by atoms with Crippen LogP contribution in [0, 0.1) is 0 Å². The lowest BCUT2D eigenvalue weighted by atomic mass is 10.1. The highest BCUT2D eigenvalue weighted by molar-refractivity contribution is 6.21. The molecule has 2 rings (SSSR count). The van der Waals surface area contributed by atoms with Crippen LogP contribution in [-0.2, 0) is 9.53 Å². The van der Waals surface area contributed by atoms with Crippen molar-refractivity contribution in [3.63, 3.8) is 0 Å². The van der Waals surface area contributed by atoms with E-state index < -0.39 is 0 Å². The SMILES string of the molecule is O=CCCOCCN1C(=O)c2ccccc2C1=O. The first-order valence-corrected chi connectivity index (χ1v) is 5.72. The van der Waals surface area contributed by atoms with Crippen LogP contribution in [0.2, 0.25) is 0 Å². The molecule has 2 amide bonds. The number of aldehydes is 1. The van der Waals surface area contributed by atoms with E-state index in [4.69, 9.17) is 4.74 Å². The van der Waals surface area contributed by atoms with Crippen LogP contribution in [0.4, 0.5) is 0 Å². The van der Waals surface area contributed by atoms with Crippen LogP contribution in [-0.4, -0.2) is 42.8 Å². The highest BCUT2D eigenvalue weighted by atomic mass is 16.5. The maximum absolute atomic E-state index is 11.9. The largest absolute Gasteiger partial charge is 0.379 e. The van der Waals surface area contributed by atoms with Gasteiger partial charge < -0.3 is 9.53 Å². The summed E-state index contributed by atoms with van der Waals surface area (Å²) in [6.07, 6.45) is 1.09. The number of ether oxygens (including phenoxy) is 1. The Hall–Kier alpha value is -2.01. The molecule has 0 bridgehead atoms. The third kappa shape index (κ3) is 2.31. The lowest BCUT2D eigenvalue weighted by Crippen LogP contribution is -2.33. The van der Waals surface area contributed by atoms with E-state index in [-0.39, 0.29) is 25.0 Å². The quantitative estimate of drug-likeness (QED) is 0.425. The first kappa shape index (κ1) is 12.4. The van der Waals surface area contributed by atoms with Gasteiger partial charge in [-0.2, -0.15) is 0 Å². The second kappa shape index (κ2) is 5.55. The van der Waals surface area contributed by atoms with Crippen molar-refractivity contribution in [1.82, 2.24) is 4.90 Å². The van der Waals surface area contributed by atoms with Gasteiger partial charge in [-0.05, 0) is 12.1 Å². The summed E-state index contributed by atoms with van der Waals surface area (Å²) in [6, 6.07) is 6.74. The number of imide groups is 1. The summed E-state index contributed by atoms with van der Waals surface area (Å²) in [4.78, 5) is 35.1. The number of carbonyl (C=O) groups excluding carboxylic acids is 3. The standard InChI is InChI=1S/C13H13NO4/c15-7-3-8-18-9-6-14-12(16)10-4-1-2-5-11(10)13(14)17/h1-2,4-5,7H,3,6,8-9H2. The van der Waals surface area contributed by atoms with E-state index >= 15 is 0 Å². The van der Waals surface area contributed by atoms with Gasteiger partial charge in [0.15, 0.2) is 0 Å². The van der Waals surface area contributed by atoms with E-state index in [9.17, 15) is 14.4 Å². The van der Waals surface area contributed by atoms with Crippen molar-refractivity contribution in [2.75, 3.05) is 19.8 Å². The maximum Gasteiger partial charge on any atom is 0.261 e. The molecule has 5 heteroatoms. The third-order valence-electron chi connectivity index (χ3n) is 2.72. The molecular weight excluding hydrogens is 234 g/mol. The molecule has 0 saturated carbocycles. The summed E-state index contributed by atoms with van der Waals surface area (Å²) in [5.74, 6) is -0.566. The van der Waals surface area contributed by atoms with Gasteiger partial charge in [0.25, 0.3) is 11.8 Å². The van der Waals surface area contributed by atoms with Crippen LogP contribution in [0.3, 0.4) is 0 Å². The van der Waals surface area contributed by atoms with Crippen LogP contribution in [0.15, 0.2) is 24.3 Å². The number of hydrogen-bond acceptors (Lipinski definition) is 4. The van der Waals surface area contributed by atoms with Crippen LogP contribution in [0.5, 0.6) is 0 Å². The zero-order valence-corrected chi connectivity index (χ0v) is 9.80. The number of fused-ring (bicyclic) bond motifs is 1. The highest BCUT2D eigenvalue weighted by Gasteiger charge is 2.34. The number of carbonyl (C=O) groups is 3. The van der Waals surface area contributed by atoms with E-state index in [1.54, 1.807) is 24.3 Å². The maximum atomic E-state index is 11.9. The van der Waals surface area contributed by atoms with Gasteiger partial charge >= 0.3 is 0 Å². The zero-order chi connectivity index (χ0) is 13.0. The molecule has 5 nitrogen and oxygen atoms in total. The van der Waals surface area contributed by atoms with E-state index in [2.05, 4.69) is 0 Å². The molecule has 0 atom stereocenters. The topological polar surface area (TPSA) is 63.7 Å². The summed E-state index contributed by atoms with van der Waals surface area (Å²) in [7, 11) is 0. The number of benzene rings is 1. The first-order chi connectivity index (χ1) is 8.75. The molecule has 18 heavy (non-hydrogen) atoms. The van der Waals surface area contributed by atoms with Crippen molar-refractivity contribution < 1.29 is 19.1 Å². The molecule has 0 fully saturated rings. The minimum absolute atomic E-state index is 0.213. The van der Waals surface area contributed by atoms with Crippen molar-refractivity contribution in [2.24, 2.45) is 0 Å². The summed E-state index contributed by atoms with van der Waals surface area (Å²) in [5.41, 5.74) is 0.880. The van der Waals surface area contributed by atoms with Gasteiger partial charge in [0.05, 0.1) is 30.9 Å². The van der Waals surface area contributed by atoms with Gasteiger partial charge in [0, 0.05) is 6.42 Å². The number of rotatable bonds is 6. The predicted octanol–water partition coefficient (Wildman–Crippen LogP) is 0.888. The van der Waals surface area contributed by atoms with Crippen molar-refractivity contribution >= 4 is 18.1 Å². The Bertz CT molecular complexity index is 449. The highest BCUT2D eigenvalue weighted by Crippen LogP contribution is 2.21.